The van der Waals surface area contributed by atoms with Crippen molar-refractivity contribution in [3.63, 3.8) is 0 Å². The lowest BCUT2D eigenvalue weighted by molar-refractivity contribution is -0.141. The highest BCUT2D eigenvalue weighted by Crippen LogP contribution is 2.31. The van der Waals surface area contributed by atoms with Gasteiger partial charge in [0, 0.05) is 30.5 Å². The number of carbonyl (C=O) groups is 1. The largest absolute Gasteiger partial charge is 0.340 e. The van der Waals surface area contributed by atoms with Crippen molar-refractivity contribution in [3.05, 3.63) is 35.4 Å². The van der Waals surface area contributed by atoms with Crippen LogP contribution in [0.1, 0.15) is 65.0 Å². The molecule has 23 heavy (non-hydrogen) atoms. The minimum Gasteiger partial charge on any atom is -0.340 e. The number of benzene rings is 1. The molecule has 1 saturated heterocycles. The Hall–Kier alpha value is -1.35. The van der Waals surface area contributed by atoms with Gasteiger partial charge in [-0.05, 0) is 23.0 Å². The van der Waals surface area contributed by atoms with Gasteiger partial charge in [0.15, 0.2) is 0 Å². The Kier molecular flexibility index (Phi) is 4.91. The lowest BCUT2D eigenvalue weighted by Crippen LogP contribution is -2.51. The van der Waals surface area contributed by atoms with Gasteiger partial charge in [-0.2, -0.15) is 0 Å². The van der Waals surface area contributed by atoms with Crippen molar-refractivity contribution in [1.82, 2.24) is 4.90 Å². The smallest absolute Gasteiger partial charge is 0.228 e. The molecule has 1 heterocycles. The molecule has 1 aromatic rings. The molecule has 3 heteroatoms. The fraction of sp³-hybridized carbons (Fsp3) is 0.650. The molecule has 2 rings (SSSR count). The van der Waals surface area contributed by atoms with Crippen LogP contribution in [0.5, 0.6) is 0 Å². The van der Waals surface area contributed by atoms with Gasteiger partial charge in [-0.25, -0.2) is 0 Å². The number of carbonyl (C=O) groups excluding carboxylic acids is 1. The van der Waals surface area contributed by atoms with Gasteiger partial charge < -0.3 is 10.6 Å². The standard InChI is InChI=1S/C20H32N2O/c1-19(2,3)16-9-7-14(8-10-16)15-11-17(21)13-22(12-15)18(23)20(4,5)6/h7-10,15,17H,11-13,21H2,1-6H3. The van der Waals surface area contributed by atoms with Crippen LogP contribution in [0.15, 0.2) is 24.3 Å². The van der Waals surface area contributed by atoms with Crippen molar-refractivity contribution in [3.8, 4) is 0 Å². The molecule has 0 spiro atoms. The molecule has 1 aliphatic rings. The topological polar surface area (TPSA) is 46.3 Å². The number of piperidine rings is 1. The first-order chi connectivity index (χ1) is 10.5. The molecular formula is C20H32N2O. The van der Waals surface area contributed by atoms with E-state index in [2.05, 4.69) is 45.0 Å². The summed E-state index contributed by atoms with van der Waals surface area (Å²) >= 11 is 0. The predicted octanol–water partition coefficient (Wildman–Crippen LogP) is 3.67. The number of hydrogen-bond acceptors (Lipinski definition) is 2. The molecule has 1 aromatic carbocycles. The molecule has 0 aliphatic carbocycles. The van der Waals surface area contributed by atoms with Crippen molar-refractivity contribution < 1.29 is 4.79 Å². The van der Waals surface area contributed by atoms with Crippen LogP contribution >= 0.6 is 0 Å². The van der Waals surface area contributed by atoms with E-state index in [-0.39, 0.29) is 22.8 Å². The monoisotopic (exact) mass is 316 g/mol. The van der Waals surface area contributed by atoms with E-state index >= 15 is 0 Å². The lowest BCUT2D eigenvalue weighted by Gasteiger charge is -2.39. The van der Waals surface area contributed by atoms with Gasteiger partial charge in [0.2, 0.25) is 5.91 Å². The van der Waals surface area contributed by atoms with Crippen LogP contribution in [-0.2, 0) is 10.2 Å². The van der Waals surface area contributed by atoms with Crippen molar-refractivity contribution in [1.29, 1.82) is 0 Å². The minimum atomic E-state index is -0.350. The molecule has 2 unspecified atom stereocenters. The van der Waals surface area contributed by atoms with Crippen LogP contribution < -0.4 is 5.73 Å². The van der Waals surface area contributed by atoms with Crippen molar-refractivity contribution in [2.45, 2.75) is 65.3 Å². The van der Waals surface area contributed by atoms with Gasteiger partial charge in [-0.1, -0.05) is 65.8 Å². The molecule has 0 radical (unpaired) electrons. The fourth-order valence-electron chi connectivity index (χ4n) is 3.28. The number of nitrogens with two attached hydrogens (primary N) is 1. The molecule has 3 nitrogen and oxygen atoms in total. The van der Waals surface area contributed by atoms with Gasteiger partial charge in [0.05, 0.1) is 0 Å². The van der Waals surface area contributed by atoms with E-state index < -0.39 is 0 Å². The second-order valence-corrected chi connectivity index (χ2v) is 9.02. The van der Waals surface area contributed by atoms with E-state index in [4.69, 9.17) is 5.73 Å². The number of hydrogen-bond donors (Lipinski definition) is 1. The Labute approximate surface area is 141 Å². The Morgan fingerprint density at radius 3 is 2.09 bits per heavy atom. The van der Waals surface area contributed by atoms with Gasteiger partial charge in [0.1, 0.15) is 0 Å². The van der Waals surface area contributed by atoms with E-state index in [0.29, 0.717) is 12.5 Å². The van der Waals surface area contributed by atoms with Gasteiger partial charge in [0.25, 0.3) is 0 Å². The van der Waals surface area contributed by atoms with Crippen molar-refractivity contribution in [2.75, 3.05) is 13.1 Å². The Morgan fingerprint density at radius 2 is 1.61 bits per heavy atom. The molecular weight excluding hydrogens is 284 g/mol. The maximum Gasteiger partial charge on any atom is 0.228 e. The van der Waals surface area contributed by atoms with E-state index in [1.54, 1.807) is 0 Å². The number of nitrogens with zero attached hydrogens (tertiary/aromatic N) is 1. The van der Waals surface area contributed by atoms with Crippen LogP contribution in [0, 0.1) is 5.41 Å². The Bertz CT molecular complexity index is 548. The third-order valence-electron chi connectivity index (χ3n) is 4.66. The third kappa shape index (κ3) is 4.35. The molecule has 2 N–H and O–H groups in total. The quantitative estimate of drug-likeness (QED) is 0.859. The third-order valence-corrected chi connectivity index (χ3v) is 4.66. The molecule has 1 aliphatic heterocycles. The van der Waals surface area contributed by atoms with Crippen LogP contribution in [-0.4, -0.2) is 29.9 Å². The summed E-state index contributed by atoms with van der Waals surface area (Å²) in [5, 5.41) is 0. The Morgan fingerprint density at radius 1 is 1.04 bits per heavy atom. The predicted molar refractivity (Wildman–Crippen MR) is 96.5 cm³/mol. The number of rotatable bonds is 1. The first-order valence-corrected chi connectivity index (χ1v) is 8.64. The summed E-state index contributed by atoms with van der Waals surface area (Å²) in [5.74, 6) is 0.531. The Balaban J connectivity index is 2.18. The summed E-state index contributed by atoms with van der Waals surface area (Å²) in [6.07, 6.45) is 0.947. The zero-order valence-corrected chi connectivity index (χ0v) is 15.5. The first kappa shape index (κ1) is 18.0. The average Bonchev–Trinajstić information content (AvgIpc) is 2.44. The molecule has 1 amide bonds. The van der Waals surface area contributed by atoms with E-state index in [1.807, 2.05) is 25.7 Å². The van der Waals surface area contributed by atoms with E-state index in [1.165, 1.54) is 11.1 Å². The highest BCUT2D eigenvalue weighted by Gasteiger charge is 2.34. The summed E-state index contributed by atoms with van der Waals surface area (Å²) in [6, 6.07) is 8.91. The fourth-order valence-corrected chi connectivity index (χ4v) is 3.28. The van der Waals surface area contributed by atoms with Gasteiger partial charge in [-0.3, -0.25) is 4.79 Å². The second-order valence-electron chi connectivity index (χ2n) is 9.02. The maximum atomic E-state index is 12.6. The minimum absolute atomic E-state index is 0.0577. The summed E-state index contributed by atoms with van der Waals surface area (Å²) in [6.45, 7) is 14.0. The zero-order chi connectivity index (χ0) is 17.4. The van der Waals surface area contributed by atoms with Gasteiger partial charge >= 0.3 is 0 Å². The SMILES string of the molecule is CC(C)(C)C(=O)N1CC(N)CC(c2ccc(C(C)(C)C)cc2)C1. The average molecular weight is 316 g/mol. The van der Waals surface area contributed by atoms with Crippen LogP contribution in [0.4, 0.5) is 0 Å². The van der Waals surface area contributed by atoms with Crippen LogP contribution in [0.25, 0.3) is 0 Å². The number of likely N-dealkylation sites (tertiary alicyclic amines) is 1. The van der Waals surface area contributed by atoms with Gasteiger partial charge in [-0.15, -0.1) is 0 Å². The highest BCUT2D eigenvalue weighted by atomic mass is 16.2. The molecule has 0 saturated carbocycles. The maximum absolute atomic E-state index is 12.6. The molecule has 1 fully saturated rings. The van der Waals surface area contributed by atoms with Crippen molar-refractivity contribution >= 4 is 5.91 Å². The summed E-state index contributed by atoms with van der Waals surface area (Å²) < 4.78 is 0. The molecule has 0 bridgehead atoms. The summed E-state index contributed by atoms with van der Waals surface area (Å²) in [7, 11) is 0. The van der Waals surface area contributed by atoms with Crippen molar-refractivity contribution in [2.24, 2.45) is 11.1 Å². The van der Waals surface area contributed by atoms with E-state index in [9.17, 15) is 4.79 Å². The highest BCUT2D eigenvalue weighted by molar-refractivity contribution is 5.81. The summed E-state index contributed by atoms with van der Waals surface area (Å²) in [5.41, 5.74) is 8.68. The zero-order valence-electron chi connectivity index (χ0n) is 15.5. The molecule has 0 aromatic heterocycles. The van der Waals surface area contributed by atoms with E-state index in [0.717, 1.165) is 13.0 Å². The number of amides is 1. The van der Waals surface area contributed by atoms with Crippen LogP contribution in [0.2, 0.25) is 0 Å². The van der Waals surface area contributed by atoms with Crippen LogP contribution in [0.3, 0.4) is 0 Å². The molecule has 2 atom stereocenters. The molecule has 128 valence electrons. The normalized spacial score (nSPS) is 23.0. The second kappa shape index (κ2) is 6.27. The first-order valence-electron chi connectivity index (χ1n) is 8.64. The lowest BCUT2D eigenvalue weighted by atomic mass is 9.83. The summed E-state index contributed by atoms with van der Waals surface area (Å²) in [4.78, 5) is 14.6.